The number of carboxylic acids is 1. The molecule has 4 nitrogen and oxygen atoms in total. The van der Waals surface area contributed by atoms with Gasteiger partial charge in [-0.2, -0.15) is 0 Å². The van der Waals surface area contributed by atoms with E-state index in [0.717, 1.165) is 0 Å². The predicted octanol–water partition coefficient (Wildman–Crippen LogP) is 1.63. The Bertz CT molecular complexity index is 587. The standard InChI is InChI=1S/C11H8N2O2/c1-2-3-7-4-8(11(14)15)5-9-10(7)13-6-12-9/h4-6H,1H3,(H,12,13)(H,14,15). The van der Waals surface area contributed by atoms with E-state index < -0.39 is 5.97 Å². The lowest BCUT2D eigenvalue weighted by Crippen LogP contribution is -1.97. The number of rotatable bonds is 1. The Morgan fingerprint density at radius 3 is 3.00 bits per heavy atom. The van der Waals surface area contributed by atoms with E-state index in [2.05, 4.69) is 21.8 Å². The van der Waals surface area contributed by atoms with Crippen molar-refractivity contribution in [3.8, 4) is 11.8 Å². The summed E-state index contributed by atoms with van der Waals surface area (Å²) in [5, 5.41) is 8.89. The molecule has 1 aromatic carbocycles. The molecule has 0 bridgehead atoms. The molecule has 0 fully saturated rings. The molecule has 1 heterocycles. The highest BCUT2D eigenvalue weighted by atomic mass is 16.4. The summed E-state index contributed by atoms with van der Waals surface area (Å²) in [5.74, 6) is 4.60. The van der Waals surface area contributed by atoms with Crippen LogP contribution in [0.2, 0.25) is 0 Å². The van der Waals surface area contributed by atoms with Gasteiger partial charge in [0.15, 0.2) is 0 Å². The van der Waals surface area contributed by atoms with Crippen LogP contribution in [0.4, 0.5) is 0 Å². The second kappa shape index (κ2) is 3.46. The van der Waals surface area contributed by atoms with E-state index in [1.807, 2.05) is 0 Å². The minimum atomic E-state index is -0.967. The first-order valence-corrected chi connectivity index (χ1v) is 4.35. The molecule has 0 saturated carbocycles. The molecule has 0 radical (unpaired) electrons. The van der Waals surface area contributed by atoms with Crippen LogP contribution >= 0.6 is 0 Å². The van der Waals surface area contributed by atoms with Gasteiger partial charge in [0.05, 0.1) is 23.0 Å². The van der Waals surface area contributed by atoms with E-state index in [0.29, 0.717) is 16.6 Å². The van der Waals surface area contributed by atoms with E-state index in [1.54, 1.807) is 13.0 Å². The van der Waals surface area contributed by atoms with Crippen LogP contribution in [-0.2, 0) is 0 Å². The zero-order valence-electron chi connectivity index (χ0n) is 8.03. The number of H-pyrrole nitrogens is 1. The second-order valence-electron chi connectivity index (χ2n) is 3.00. The van der Waals surface area contributed by atoms with Crippen molar-refractivity contribution in [2.24, 2.45) is 0 Å². The smallest absolute Gasteiger partial charge is 0.335 e. The Labute approximate surface area is 86.0 Å². The second-order valence-corrected chi connectivity index (χ2v) is 3.00. The molecule has 1 aromatic heterocycles. The number of carboxylic acid groups (broad SMARTS) is 1. The molecule has 0 saturated heterocycles. The third-order valence-electron chi connectivity index (χ3n) is 2.03. The Morgan fingerprint density at radius 2 is 2.33 bits per heavy atom. The number of nitrogens with one attached hydrogen (secondary N) is 1. The molecular weight excluding hydrogens is 192 g/mol. The molecule has 0 aliphatic heterocycles. The highest BCUT2D eigenvalue weighted by Crippen LogP contribution is 2.17. The third-order valence-corrected chi connectivity index (χ3v) is 2.03. The molecule has 2 rings (SSSR count). The van der Waals surface area contributed by atoms with Gasteiger partial charge in [-0.1, -0.05) is 5.92 Å². The number of hydrogen-bond donors (Lipinski definition) is 2. The van der Waals surface area contributed by atoms with E-state index in [4.69, 9.17) is 5.11 Å². The van der Waals surface area contributed by atoms with Crippen molar-refractivity contribution in [3.05, 3.63) is 29.6 Å². The van der Waals surface area contributed by atoms with Crippen LogP contribution in [0, 0.1) is 11.8 Å². The molecule has 2 N–H and O–H groups in total. The maximum Gasteiger partial charge on any atom is 0.335 e. The number of carbonyl (C=O) groups is 1. The summed E-state index contributed by atoms with van der Waals surface area (Å²) in [5.41, 5.74) is 2.24. The largest absolute Gasteiger partial charge is 0.478 e. The fourth-order valence-corrected chi connectivity index (χ4v) is 1.40. The van der Waals surface area contributed by atoms with Crippen molar-refractivity contribution in [2.45, 2.75) is 6.92 Å². The molecule has 4 heteroatoms. The average Bonchev–Trinajstić information content (AvgIpc) is 2.65. The first-order valence-electron chi connectivity index (χ1n) is 4.35. The van der Waals surface area contributed by atoms with Crippen LogP contribution in [0.25, 0.3) is 11.0 Å². The predicted molar refractivity (Wildman–Crippen MR) is 55.6 cm³/mol. The van der Waals surface area contributed by atoms with Gasteiger partial charge < -0.3 is 10.1 Å². The molecule has 0 atom stereocenters. The molecule has 0 aliphatic rings. The summed E-state index contributed by atoms with van der Waals surface area (Å²) in [7, 11) is 0. The third kappa shape index (κ3) is 1.55. The quantitative estimate of drug-likeness (QED) is 0.687. The SMILES string of the molecule is CC#Cc1cc(C(=O)O)cc2[nH]cnc12. The number of aromatic amines is 1. The first-order chi connectivity index (χ1) is 7.22. The number of hydrogen-bond acceptors (Lipinski definition) is 2. The van der Waals surface area contributed by atoms with Crippen LogP contribution in [0.3, 0.4) is 0 Å². The lowest BCUT2D eigenvalue weighted by atomic mass is 10.1. The number of benzene rings is 1. The summed E-state index contributed by atoms with van der Waals surface area (Å²) in [6.45, 7) is 1.70. The van der Waals surface area contributed by atoms with E-state index in [1.165, 1.54) is 12.4 Å². The van der Waals surface area contributed by atoms with Gasteiger partial charge in [-0.25, -0.2) is 9.78 Å². The molecule has 0 unspecified atom stereocenters. The van der Waals surface area contributed by atoms with E-state index >= 15 is 0 Å². The van der Waals surface area contributed by atoms with Crippen molar-refractivity contribution in [3.63, 3.8) is 0 Å². The topological polar surface area (TPSA) is 66.0 Å². The van der Waals surface area contributed by atoms with Crippen molar-refractivity contribution in [1.82, 2.24) is 9.97 Å². The summed E-state index contributed by atoms with van der Waals surface area (Å²) < 4.78 is 0. The van der Waals surface area contributed by atoms with Gasteiger partial charge in [-0.15, -0.1) is 5.92 Å². The summed E-state index contributed by atoms with van der Waals surface area (Å²) in [6, 6.07) is 3.08. The van der Waals surface area contributed by atoms with Crippen LogP contribution < -0.4 is 0 Å². The van der Waals surface area contributed by atoms with Crippen molar-refractivity contribution in [1.29, 1.82) is 0 Å². The van der Waals surface area contributed by atoms with Crippen LogP contribution in [0.1, 0.15) is 22.8 Å². The zero-order valence-corrected chi connectivity index (χ0v) is 8.03. The maximum atomic E-state index is 10.8. The first kappa shape index (κ1) is 9.28. The minimum Gasteiger partial charge on any atom is -0.478 e. The maximum absolute atomic E-state index is 10.8. The van der Waals surface area contributed by atoms with Crippen LogP contribution in [0.5, 0.6) is 0 Å². The number of imidazole rings is 1. The molecule has 2 aromatic rings. The van der Waals surface area contributed by atoms with Crippen molar-refractivity contribution >= 4 is 17.0 Å². The number of fused-ring (bicyclic) bond motifs is 1. The summed E-state index contributed by atoms with van der Waals surface area (Å²) >= 11 is 0. The number of nitrogens with zero attached hydrogens (tertiary/aromatic N) is 1. The molecule has 0 spiro atoms. The monoisotopic (exact) mass is 200 g/mol. The Morgan fingerprint density at radius 1 is 1.53 bits per heavy atom. The number of aromatic carboxylic acids is 1. The highest BCUT2D eigenvalue weighted by Gasteiger charge is 2.09. The average molecular weight is 200 g/mol. The molecule has 0 amide bonds. The van der Waals surface area contributed by atoms with Gasteiger partial charge in [0.2, 0.25) is 0 Å². The van der Waals surface area contributed by atoms with Gasteiger partial charge in [0, 0.05) is 0 Å². The Kier molecular flexibility index (Phi) is 2.14. The van der Waals surface area contributed by atoms with Crippen molar-refractivity contribution < 1.29 is 9.90 Å². The van der Waals surface area contributed by atoms with Gasteiger partial charge in [0.1, 0.15) is 5.52 Å². The Hall–Kier alpha value is -2.28. The zero-order chi connectivity index (χ0) is 10.8. The Balaban J connectivity index is 2.78. The van der Waals surface area contributed by atoms with Crippen molar-refractivity contribution in [2.75, 3.05) is 0 Å². The van der Waals surface area contributed by atoms with Gasteiger partial charge in [-0.3, -0.25) is 0 Å². The summed E-state index contributed by atoms with van der Waals surface area (Å²) in [6.07, 6.45) is 1.52. The fourth-order valence-electron chi connectivity index (χ4n) is 1.40. The van der Waals surface area contributed by atoms with Gasteiger partial charge in [0.25, 0.3) is 0 Å². The molecule has 74 valence electrons. The lowest BCUT2D eigenvalue weighted by Gasteiger charge is -1.97. The summed E-state index contributed by atoms with van der Waals surface area (Å²) in [4.78, 5) is 17.8. The number of aromatic nitrogens is 2. The minimum absolute atomic E-state index is 0.213. The molecule has 15 heavy (non-hydrogen) atoms. The van der Waals surface area contributed by atoms with Crippen LogP contribution in [0.15, 0.2) is 18.5 Å². The van der Waals surface area contributed by atoms with Crippen LogP contribution in [-0.4, -0.2) is 21.0 Å². The van der Waals surface area contributed by atoms with Gasteiger partial charge >= 0.3 is 5.97 Å². The fraction of sp³-hybridized carbons (Fsp3) is 0.0909. The normalized spacial score (nSPS) is 9.67. The van der Waals surface area contributed by atoms with E-state index in [9.17, 15) is 4.79 Å². The van der Waals surface area contributed by atoms with Gasteiger partial charge in [-0.05, 0) is 19.1 Å². The molecular formula is C11H8N2O2. The lowest BCUT2D eigenvalue weighted by molar-refractivity contribution is 0.0697. The highest BCUT2D eigenvalue weighted by molar-refractivity contribution is 5.94. The van der Waals surface area contributed by atoms with E-state index in [-0.39, 0.29) is 5.56 Å². The molecule has 0 aliphatic carbocycles.